The van der Waals surface area contributed by atoms with Crippen LogP contribution in [0.15, 0.2) is 0 Å². The van der Waals surface area contributed by atoms with Gasteiger partial charge in [0.2, 0.25) is 0 Å². The van der Waals surface area contributed by atoms with Crippen molar-refractivity contribution in [3.63, 3.8) is 0 Å². The lowest BCUT2D eigenvalue weighted by molar-refractivity contribution is 0.346. The maximum absolute atomic E-state index is 3.69. The van der Waals surface area contributed by atoms with E-state index in [4.69, 9.17) is 0 Å². The second-order valence-corrected chi connectivity index (χ2v) is 4.31. The van der Waals surface area contributed by atoms with Crippen LogP contribution in [0.2, 0.25) is 0 Å². The van der Waals surface area contributed by atoms with Crippen LogP contribution in [-0.4, -0.2) is 24.7 Å². The minimum Gasteiger partial charge on any atom is -0.316 e. The van der Waals surface area contributed by atoms with Gasteiger partial charge in [-0.2, -0.15) is 0 Å². The third-order valence-corrected chi connectivity index (χ3v) is 2.95. The summed E-state index contributed by atoms with van der Waals surface area (Å²) in [5.74, 6) is 0.929. The number of rotatable bonds is 2. The van der Waals surface area contributed by atoms with E-state index in [9.17, 15) is 0 Å². The van der Waals surface area contributed by atoms with E-state index in [0.29, 0.717) is 11.6 Å². The van der Waals surface area contributed by atoms with E-state index in [0.717, 1.165) is 5.92 Å². The van der Waals surface area contributed by atoms with Crippen LogP contribution in [0.25, 0.3) is 0 Å². The van der Waals surface area contributed by atoms with Gasteiger partial charge in [-0.15, -0.1) is 0 Å². The Morgan fingerprint density at radius 3 is 3.00 bits per heavy atom. The highest BCUT2D eigenvalue weighted by atomic mass is 15.1. The molecule has 0 aromatic heterocycles. The van der Waals surface area contributed by atoms with Gasteiger partial charge in [0.25, 0.3) is 0 Å². The maximum atomic E-state index is 3.69. The van der Waals surface area contributed by atoms with Crippen molar-refractivity contribution in [3.05, 3.63) is 0 Å². The van der Waals surface area contributed by atoms with Crippen molar-refractivity contribution in [2.24, 2.45) is 5.92 Å². The molecule has 0 bridgehead atoms. The van der Waals surface area contributed by atoms with Gasteiger partial charge in [-0.1, -0.05) is 13.8 Å². The largest absolute Gasteiger partial charge is 0.316 e. The smallest absolute Gasteiger partial charge is 0.0240 e. The molecule has 1 saturated carbocycles. The van der Waals surface area contributed by atoms with Crippen LogP contribution in [0, 0.1) is 5.92 Å². The van der Waals surface area contributed by atoms with Crippen LogP contribution in [0.4, 0.5) is 0 Å². The van der Waals surface area contributed by atoms with Gasteiger partial charge in [-0.05, 0) is 31.8 Å². The quantitative estimate of drug-likeness (QED) is 0.613. The second kappa shape index (κ2) is 2.46. The van der Waals surface area contributed by atoms with Crippen molar-refractivity contribution in [2.45, 2.75) is 38.3 Å². The highest BCUT2D eigenvalue weighted by Gasteiger charge is 2.54. The van der Waals surface area contributed by atoms with Crippen molar-refractivity contribution in [1.29, 1.82) is 0 Å². The second-order valence-electron chi connectivity index (χ2n) is 4.31. The van der Waals surface area contributed by atoms with Crippen LogP contribution >= 0.6 is 0 Å². The van der Waals surface area contributed by atoms with Gasteiger partial charge in [0, 0.05) is 11.6 Å². The Morgan fingerprint density at radius 2 is 2.36 bits per heavy atom. The molecule has 2 nitrogen and oxygen atoms in total. The van der Waals surface area contributed by atoms with E-state index in [2.05, 4.69) is 24.5 Å². The lowest BCUT2D eigenvalue weighted by Gasteiger charge is -2.26. The summed E-state index contributed by atoms with van der Waals surface area (Å²) in [5.41, 5.74) is 0.555. The van der Waals surface area contributed by atoms with E-state index in [1.54, 1.807) is 0 Å². The third-order valence-electron chi connectivity index (χ3n) is 2.95. The summed E-state index contributed by atoms with van der Waals surface area (Å²) in [4.78, 5) is 0. The van der Waals surface area contributed by atoms with Gasteiger partial charge < -0.3 is 10.6 Å². The first kappa shape index (κ1) is 7.56. The minimum absolute atomic E-state index is 0.555. The lowest BCUT2D eigenvalue weighted by Crippen LogP contribution is -2.45. The Kier molecular flexibility index (Phi) is 1.69. The molecule has 0 radical (unpaired) electrons. The summed E-state index contributed by atoms with van der Waals surface area (Å²) in [6, 6.07) is 0.651. The summed E-state index contributed by atoms with van der Waals surface area (Å²) in [6.45, 7) is 6.92. The highest BCUT2D eigenvalue weighted by molar-refractivity contribution is 5.13. The number of fused-ring (bicyclic) bond motifs is 1. The Labute approximate surface area is 68.7 Å². The zero-order valence-corrected chi connectivity index (χ0v) is 7.48. The molecule has 2 rings (SSSR count). The molecule has 1 aliphatic heterocycles. The van der Waals surface area contributed by atoms with Crippen molar-refractivity contribution in [2.75, 3.05) is 13.1 Å². The average Bonchev–Trinajstić information content (AvgIpc) is 2.59. The summed E-state index contributed by atoms with van der Waals surface area (Å²) in [7, 11) is 0. The van der Waals surface area contributed by atoms with Crippen LogP contribution < -0.4 is 10.6 Å². The number of hydrogen-bond donors (Lipinski definition) is 2. The normalized spacial score (nSPS) is 42.3. The number of nitrogens with one attached hydrogen (secondary N) is 2. The Morgan fingerprint density at radius 1 is 1.55 bits per heavy atom. The first-order valence-electron chi connectivity index (χ1n) is 4.71. The molecule has 1 heterocycles. The SMILES string of the molecule is CC(C)NC12CCNCC1C2. The zero-order valence-electron chi connectivity index (χ0n) is 7.48. The first-order chi connectivity index (χ1) is 5.23. The van der Waals surface area contributed by atoms with Crippen LogP contribution in [0.5, 0.6) is 0 Å². The molecule has 2 heteroatoms. The van der Waals surface area contributed by atoms with Gasteiger partial charge in [0.05, 0.1) is 0 Å². The molecule has 2 N–H and O–H groups in total. The van der Waals surface area contributed by atoms with Gasteiger partial charge in [-0.25, -0.2) is 0 Å². The van der Waals surface area contributed by atoms with E-state index in [-0.39, 0.29) is 0 Å². The molecule has 1 saturated heterocycles. The van der Waals surface area contributed by atoms with Crippen molar-refractivity contribution >= 4 is 0 Å². The standard InChI is InChI=1S/C9H18N2/c1-7(2)11-9-3-4-10-6-8(9)5-9/h7-8,10-11H,3-6H2,1-2H3. The summed E-state index contributed by atoms with van der Waals surface area (Å²) < 4.78 is 0. The fraction of sp³-hybridized carbons (Fsp3) is 1.00. The fourth-order valence-corrected chi connectivity index (χ4v) is 2.37. The molecule has 0 amide bonds. The molecule has 2 atom stereocenters. The Hall–Kier alpha value is -0.0800. The molecular formula is C9H18N2. The summed E-state index contributed by atoms with van der Waals surface area (Å²) >= 11 is 0. The molecule has 2 unspecified atom stereocenters. The maximum Gasteiger partial charge on any atom is 0.0240 e. The monoisotopic (exact) mass is 154 g/mol. The fourth-order valence-electron chi connectivity index (χ4n) is 2.37. The van der Waals surface area contributed by atoms with Crippen molar-refractivity contribution in [1.82, 2.24) is 10.6 Å². The topological polar surface area (TPSA) is 24.1 Å². The van der Waals surface area contributed by atoms with E-state index in [1.807, 2.05) is 0 Å². The van der Waals surface area contributed by atoms with Gasteiger partial charge in [0.1, 0.15) is 0 Å². The van der Waals surface area contributed by atoms with Crippen LogP contribution in [0.3, 0.4) is 0 Å². The zero-order chi connectivity index (χ0) is 7.90. The summed E-state index contributed by atoms with van der Waals surface area (Å²) in [5, 5.41) is 7.13. The van der Waals surface area contributed by atoms with Crippen LogP contribution in [0.1, 0.15) is 26.7 Å². The third kappa shape index (κ3) is 1.30. The molecule has 0 aromatic rings. The van der Waals surface area contributed by atoms with Gasteiger partial charge >= 0.3 is 0 Å². The first-order valence-corrected chi connectivity index (χ1v) is 4.71. The van der Waals surface area contributed by atoms with E-state index >= 15 is 0 Å². The van der Waals surface area contributed by atoms with Gasteiger partial charge in [-0.3, -0.25) is 0 Å². The predicted octanol–water partition coefficient (Wildman–Crippen LogP) is 0.736. The van der Waals surface area contributed by atoms with Crippen molar-refractivity contribution in [3.8, 4) is 0 Å². The molecule has 2 fully saturated rings. The molecule has 2 aliphatic rings. The molecule has 0 spiro atoms. The molecule has 0 aromatic carbocycles. The molecule has 1 aliphatic carbocycles. The van der Waals surface area contributed by atoms with Gasteiger partial charge in [0.15, 0.2) is 0 Å². The van der Waals surface area contributed by atoms with E-state index < -0.39 is 0 Å². The molecule has 64 valence electrons. The Bertz CT molecular complexity index is 156. The minimum atomic E-state index is 0.555. The Balaban J connectivity index is 1.92. The number of hydrogen-bond acceptors (Lipinski definition) is 2. The number of piperidine rings is 1. The van der Waals surface area contributed by atoms with Crippen molar-refractivity contribution < 1.29 is 0 Å². The lowest BCUT2D eigenvalue weighted by atomic mass is 10.1. The molecule has 11 heavy (non-hydrogen) atoms. The molecular weight excluding hydrogens is 136 g/mol. The summed E-state index contributed by atoms with van der Waals surface area (Å²) in [6.07, 6.45) is 2.73. The van der Waals surface area contributed by atoms with E-state index in [1.165, 1.54) is 25.9 Å². The predicted molar refractivity (Wildman–Crippen MR) is 46.6 cm³/mol. The average molecular weight is 154 g/mol. The van der Waals surface area contributed by atoms with Crippen LogP contribution in [-0.2, 0) is 0 Å². The highest BCUT2D eigenvalue weighted by Crippen LogP contribution is 2.47.